The SMILES string of the molecule is Cc1ccc(S(=O)(=O)N[C@H](c2ccccc2C)[C@@H]2N=C3[C@H](OC2=O)[C@H]2CC[C@]3(C)C2(C)C)cc1.Cc1ccc(S(=O)(=O)N[C@H](c2ccccc2C)[C@@H]2N=C3[C@H](OC2=O)[C@H]2CC[C@]3(C)C2(C)C)cc1. The first-order valence-corrected chi connectivity index (χ1v) is 26.7. The summed E-state index contributed by atoms with van der Waals surface area (Å²) in [6.07, 6.45) is 3.37. The number of fused-ring (bicyclic) bond motifs is 10. The number of ether oxygens (including phenoxy) is 2. The molecule has 10 atom stereocenters. The highest BCUT2D eigenvalue weighted by Crippen LogP contribution is 2.66. The van der Waals surface area contributed by atoms with Crippen LogP contribution in [0, 0.1) is 61.2 Å². The van der Waals surface area contributed by atoms with E-state index in [0.29, 0.717) is 0 Å². The van der Waals surface area contributed by atoms with E-state index in [2.05, 4.69) is 51.0 Å². The normalized spacial score (nSPS) is 30.4. The number of nitrogens with one attached hydrogen (secondary N) is 2. The summed E-state index contributed by atoms with van der Waals surface area (Å²) in [5, 5.41) is 0. The smallest absolute Gasteiger partial charge is 0.333 e. The Morgan fingerprint density at radius 3 is 1.21 bits per heavy atom. The monoisotopic (exact) mass is 960 g/mol. The van der Waals surface area contributed by atoms with Crippen LogP contribution in [0.15, 0.2) is 117 Å². The molecule has 4 aliphatic carbocycles. The van der Waals surface area contributed by atoms with Gasteiger partial charge in [-0.1, -0.05) is 125 Å². The zero-order valence-electron chi connectivity index (χ0n) is 40.7. The molecule has 6 aliphatic rings. The van der Waals surface area contributed by atoms with Crippen molar-refractivity contribution >= 4 is 43.4 Å². The number of hydrogen-bond acceptors (Lipinski definition) is 10. The van der Waals surface area contributed by atoms with Crippen LogP contribution >= 0.6 is 0 Å². The fraction of sp³-hybridized carbons (Fsp3) is 0.481. The minimum absolute atomic E-state index is 0.0365. The predicted octanol–water partition coefficient (Wildman–Crippen LogP) is 9.03. The molecule has 14 heteroatoms. The fourth-order valence-electron chi connectivity index (χ4n) is 12.4. The topological polar surface area (TPSA) is 170 Å². The van der Waals surface area contributed by atoms with Crippen LogP contribution in [0.3, 0.4) is 0 Å². The average molecular weight is 961 g/mol. The fourth-order valence-corrected chi connectivity index (χ4v) is 14.8. The maximum Gasteiger partial charge on any atom is 0.333 e. The summed E-state index contributed by atoms with van der Waals surface area (Å²) >= 11 is 0. The second-order valence-corrected chi connectivity index (χ2v) is 25.0. The molecule has 68 heavy (non-hydrogen) atoms. The Morgan fingerprint density at radius 2 is 0.868 bits per heavy atom. The van der Waals surface area contributed by atoms with Crippen LogP contribution in [0.4, 0.5) is 0 Å². The Balaban J connectivity index is 0.000000170. The van der Waals surface area contributed by atoms with Crippen molar-refractivity contribution in [2.24, 2.45) is 43.5 Å². The average Bonchev–Trinajstić information content (AvgIpc) is 3.79. The Hall–Kier alpha value is -5.02. The lowest BCUT2D eigenvalue weighted by Crippen LogP contribution is -2.49. The highest BCUT2D eigenvalue weighted by atomic mass is 32.2. The van der Waals surface area contributed by atoms with E-state index in [1.54, 1.807) is 48.5 Å². The van der Waals surface area contributed by atoms with Gasteiger partial charge in [-0.2, -0.15) is 0 Å². The van der Waals surface area contributed by atoms with Crippen molar-refractivity contribution in [1.29, 1.82) is 0 Å². The lowest BCUT2D eigenvalue weighted by Gasteiger charge is -2.37. The Morgan fingerprint density at radius 1 is 0.529 bits per heavy atom. The summed E-state index contributed by atoms with van der Waals surface area (Å²) in [5.41, 5.74) is 6.54. The molecule has 0 spiro atoms. The van der Waals surface area contributed by atoms with Crippen LogP contribution in [0.5, 0.6) is 0 Å². The molecule has 4 aromatic rings. The third kappa shape index (κ3) is 7.68. The first-order chi connectivity index (χ1) is 31.9. The number of aryl methyl sites for hydroxylation is 4. The van der Waals surface area contributed by atoms with E-state index in [1.807, 2.05) is 76.2 Å². The maximum absolute atomic E-state index is 13.4. The number of aliphatic imine (C=N–C) groups is 2. The van der Waals surface area contributed by atoms with E-state index in [9.17, 15) is 26.4 Å². The molecule has 360 valence electrons. The second kappa shape index (κ2) is 16.8. The van der Waals surface area contributed by atoms with Gasteiger partial charge in [-0.15, -0.1) is 0 Å². The summed E-state index contributed by atoms with van der Waals surface area (Å²) < 4.78 is 71.3. The van der Waals surface area contributed by atoms with Gasteiger partial charge < -0.3 is 9.47 Å². The van der Waals surface area contributed by atoms with Gasteiger partial charge >= 0.3 is 11.9 Å². The van der Waals surface area contributed by atoms with Gasteiger partial charge in [-0.05, 0) is 111 Å². The minimum atomic E-state index is -3.91. The number of nitrogens with zero attached hydrogens (tertiary/aromatic N) is 2. The van der Waals surface area contributed by atoms with E-state index in [1.165, 1.54) is 0 Å². The van der Waals surface area contributed by atoms with E-state index in [0.717, 1.165) is 70.5 Å². The number of hydrogen-bond donors (Lipinski definition) is 2. The van der Waals surface area contributed by atoms with E-state index in [-0.39, 0.29) is 55.5 Å². The van der Waals surface area contributed by atoms with Crippen molar-refractivity contribution in [3.63, 3.8) is 0 Å². The number of carbonyl (C=O) groups excluding carboxylic acids is 2. The summed E-state index contributed by atoms with van der Waals surface area (Å²) in [7, 11) is -7.82. The van der Waals surface area contributed by atoms with Crippen LogP contribution in [0.2, 0.25) is 0 Å². The molecule has 0 aromatic heterocycles. The van der Waals surface area contributed by atoms with Crippen molar-refractivity contribution in [1.82, 2.24) is 9.44 Å². The van der Waals surface area contributed by atoms with Crippen LogP contribution in [0.25, 0.3) is 0 Å². The van der Waals surface area contributed by atoms with Crippen molar-refractivity contribution in [2.45, 2.75) is 141 Å². The van der Waals surface area contributed by atoms with Gasteiger partial charge in [-0.25, -0.2) is 35.9 Å². The summed E-state index contributed by atoms with van der Waals surface area (Å²) in [4.78, 5) is 37.0. The van der Waals surface area contributed by atoms with Gasteiger partial charge in [0.1, 0.15) is 12.2 Å². The molecule has 0 unspecified atom stereocenters. The molecule has 0 saturated heterocycles. The molecule has 4 bridgehead atoms. The van der Waals surface area contributed by atoms with E-state index in [4.69, 9.17) is 19.5 Å². The lowest BCUT2D eigenvalue weighted by atomic mass is 9.70. The van der Waals surface area contributed by atoms with Crippen LogP contribution in [-0.2, 0) is 39.1 Å². The highest BCUT2D eigenvalue weighted by molar-refractivity contribution is 7.89. The van der Waals surface area contributed by atoms with Crippen molar-refractivity contribution in [2.75, 3.05) is 0 Å². The molecule has 4 aromatic carbocycles. The number of rotatable bonds is 10. The largest absolute Gasteiger partial charge is 0.454 e. The molecule has 4 saturated carbocycles. The molecule has 0 radical (unpaired) electrons. The van der Waals surface area contributed by atoms with Crippen LogP contribution < -0.4 is 9.44 Å². The molecular weight excluding hydrogens is 897 g/mol. The van der Waals surface area contributed by atoms with Crippen molar-refractivity contribution in [3.8, 4) is 0 Å². The third-order valence-corrected chi connectivity index (χ3v) is 20.4. The molecule has 2 aliphatic heterocycles. The molecule has 0 amide bonds. The molecule has 2 N–H and O–H groups in total. The third-order valence-electron chi connectivity index (χ3n) is 17.4. The zero-order valence-corrected chi connectivity index (χ0v) is 42.3. The van der Waals surface area contributed by atoms with Crippen LogP contribution in [0.1, 0.15) is 113 Å². The summed E-state index contributed by atoms with van der Waals surface area (Å²) in [6, 6.07) is 24.6. The number of benzene rings is 4. The zero-order chi connectivity index (χ0) is 48.9. The van der Waals surface area contributed by atoms with Gasteiger partial charge in [0, 0.05) is 22.7 Å². The van der Waals surface area contributed by atoms with E-state index >= 15 is 0 Å². The predicted molar refractivity (Wildman–Crippen MR) is 262 cm³/mol. The first kappa shape index (κ1) is 48.0. The van der Waals surface area contributed by atoms with E-state index < -0.39 is 56.2 Å². The van der Waals surface area contributed by atoms with Crippen molar-refractivity contribution in [3.05, 3.63) is 130 Å². The standard InChI is InChI=1S/2C27H32N2O4S/c2*1-16-10-12-18(13-11-16)34(31,32)29-21(19-9-7-6-8-17(19)2)22-25(30)33-23-20-14-15-27(5,24(23)28-22)26(20,3)4/h2*6-13,20-23,29H,14-15H2,1-5H3/t2*20-,21-,22+,23-,27+/m11/s1. The Bertz CT molecular complexity index is 2760. The first-order valence-electron chi connectivity index (χ1n) is 23.8. The quantitative estimate of drug-likeness (QED) is 0.148. The Labute approximate surface area is 401 Å². The van der Waals surface area contributed by atoms with Gasteiger partial charge in [0.2, 0.25) is 20.0 Å². The molecule has 2 heterocycles. The number of carbonyl (C=O) groups is 2. The van der Waals surface area contributed by atoms with Gasteiger partial charge in [-0.3, -0.25) is 9.98 Å². The summed E-state index contributed by atoms with van der Waals surface area (Å²) in [6.45, 7) is 21.0. The minimum Gasteiger partial charge on any atom is -0.454 e. The molecule has 4 fully saturated rings. The number of esters is 2. The molecule has 10 rings (SSSR count). The van der Waals surface area contributed by atoms with Crippen LogP contribution in [-0.4, -0.2) is 64.5 Å². The highest BCUT2D eigenvalue weighted by Gasteiger charge is 2.69. The lowest BCUT2D eigenvalue weighted by molar-refractivity contribution is -0.153. The second-order valence-electron chi connectivity index (χ2n) is 21.6. The molecular formula is C54H64N4O8S2. The Kier molecular flexibility index (Phi) is 11.9. The van der Waals surface area contributed by atoms with Crippen molar-refractivity contribution < 1.29 is 35.9 Å². The van der Waals surface area contributed by atoms with Gasteiger partial charge in [0.15, 0.2) is 12.1 Å². The molecule has 12 nitrogen and oxygen atoms in total. The summed E-state index contributed by atoms with van der Waals surface area (Å²) in [5.74, 6) is -0.467. The van der Waals surface area contributed by atoms with Gasteiger partial charge in [0.25, 0.3) is 0 Å². The van der Waals surface area contributed by atoms with Gasteiger partial charge in [0.05, 0.1) is 33.3 Å². The number of sulfonamides is 2. The maximum atomic E-state index is 13.4.